The molecule has 1 aliphatic rings. The van der Waals surface area contributed by atoms with Gasteiger partial charge in [-0.05, 0) is 36.8 Å². The Bertz CT molecular complexity index is 1170. The third-order valence-electron chi connectivity index (χ3n) is 5.64. The summed E-state index contributed by atoms with van der Waals surface area (Å²) in [5.74, 6) is 0.549. The fourth-order valence-corrected chi connectivity index (χ4v) is 3.91. The first-order valence-corrected chi connectivity index (χ1v) is 10.5. The molecule has 0 saturated carbocycles. The molecule has 1 fully saturated rings. The number of H-pyrrole nitrogens is 1. The summed E-state index contributed by atoms with van der Waals surface area (Å²) in [6.07, 6.45) is -3.03. The van der Waals surface area contributed by atoms with Crippen molar-refractivity contribution in [1.29, 1.82) is 0 Å². The number of amides is 1. The van der Waals surface area contributed by atoms with Crippen LogP contribution >= 0.6 is 0 Å². The van der Waals surface area contributed by atoms with Gasteiger partial charge < -0.3 is 14.8 Å². The minimum absolute atomic E-state index is 0.00294. The van der Waals surface area contributed by atoms with Crippen molar-refractivity contribution in [1.82, 2.24) is 14.9 Å². The van der Waals surface area contributed by atoms with Crippen LogP contribution in [-0.2, 0) is 17.4 Å². The monoisotopic (exact) mass is 444 g/mol. The first-order chi connectivity index (χ1) is 15.3. The van der Waals surface area contributed by atoms with Gasteiger partial charge in [0.15, 0.2) is 0 Å². The van der Waals surface area contributed by atoms with Crippen LogP contribution in [0.15, 0.2) is 53.3 Å². The van der Waals surface area contributed by atoms with E-state index in [0.717, 1.165) is 12.1 Å². The topological polar surface area (TPSA) is 69.3 Å². The van der Waals surface area contributed by atoms with E-state index in [2.05, 4.69) is 9.97 Å². The van der Waals surface area contributed by atoms with E-state index in [4.69, 9.17) is 0 Å². The summed E-state index contributed by atoms with van der Waals surface area (Å²) in [6, 6.07) is 12.4. The van der Waals surface area contributed by atoms with Crippen LogP contribution in [0.5, 0.6) is 0 Å². The first-order valence-electron chi connectivity index (χ1n) is 10.5. The summed E-state index contributed by atoms with van der Waals surface area (Å²) in [7, 11) is 0. The quantitative estimate of drug-likeness (QED) is 0.653. The molecule has 2 aromatic carbocycles. The summed E-state index contributed by atoms with van der Waals surface area (Å²) in [5.41, 5.74) is 0.276. The molecule has 32 heavy (non-hydrogen) atoms. The fraction of sp³-hybridized carbons (Fsp3) is 0.348. The lowest BCUT2D eigenvalue weighted by molar-refractivity contribution is -0.137. The number of hydrogen-bond donors (Lipinski definition) is 1. The fourth-order valence-electron chi connectivity index (χ4n) is 3.91. The second-order valence-electron chi connectivity index (χ2n) is 7.80. The summed E-state index contributed by atoms with van der Waals surface area (Å²) < 4.78 is 38.8. The van der Waals surface area contributed by atoms with Crippen molar-refractivity contribution in [2.75, 3.05) is 31.1 Å². The van der Waals surface area contributed by atoms with Crippen LogP contribution in [0.4, 0.5) is 18.9 Å². The van der Waals surface area contributed by atoms with Gasteiger partial charge in [0.25, 0.3) is 5.56 Å². The minimum atomic E-state index is -4.38. The maximum Gasteiger partial charge on any atom is 0.416 e. The highest BCUT2D eigenvalue weighted by molar-refractivity contribution is 5.77. The van der Waals surface area contributed by atoms with Crippen molar-refractivity contribution >= 4 is 22.5 Å². The van der Waals surface area contributed by atoms with Crippen molar-refractivity contribution < 1.29 is 18.0 Å². The number of piperazine rings is 1. The smallest absolute Gasteiger partial charge is 0.368 e. The van der Waals surface area contributed by atoms with Crippen LogP contribution in [0.25, 0.3) is 10.9 Å². The minimum Gasteiger partial charge on any atom is -0.368 e. The molecule has 6 nitrogen and oxygen atoms in total. The Kier molecular flexibility index (Phi) is 6.16. The molecular formula is C23H23F3N4O2. The summed E-state index contributed by atoms with van der Waals surface area (Å²) in [5, 5.41) is 0.533. The lowest BCUT2D eigenvalue weighted by atomic mass is 10.1. The highest BCUT2D eigenvalue weighted by Gasteiger charge is 2.31. The number of alkyl halides is 3. The highest BCUT2D eigenvalue weighted by Crippen LogP contribution is 2.31. The number of carbonyl (C=O) groups excluding carboxylic acids is 1. The van der Waals surface area contributed by atoms with E-state index in [0.29, 0.717) is 67.9 Å². The Morgan fingerprint density at radius 3 is 2.53 bits per heavy atom. The van der Waals surface area contributed by atoms with E-state index in [1.54, 1.807) is 29.2 Å². The molecule has 4 rings (SSSR count). The van der Waals surface area contributed by atoms with Crippen LogP contribution in [-0.4, -0.2) is 47.0 Å². The number of aromatic nitrogens is 2. The second kappa shape index (κ2) is 9.02. The molecule has 0 bridgehead atoms. The number of nitrogens with one attached hydrogen (secondary N) is 1. The predicted molar refractivity (Wildman–Crippen MR) is 116 cm³/mol. The van der Waals surface area contributed by atoms with Gasteiger partial charge in [-0.3, -0.25) is 9.59 Å². The number of hydrogen-bond acceptors (Lipinski definition) is 4. The van der Waals surface area contributed by atoms with Crippen LogP contribution < -0.4 is 10.5 Å². The zero-order chi connectivity index (χ0) is 22.7. The largest absolute Gasteiger partial charge is 0.416 e. The first kappa shape index (κ1) is 21.9. The van der Waals surface area contributed by atoms with Gasteiger partial charge in [-0.15, -0.1) is 0 Å². The number of fused-ring (bicyclic) bond motifs is 1. The van der Waals surface area contributed by atoms with Crippen LogP contribution in [0.3, 0.4) is 0 Å². The molecule has 0 unspecified atom stereocenters. The summed E-state index contributed by atoms with van der Waals surface area (Å²) in [4.78, 5) is 35.5. The Hall–Kier alpha value is -3.36. The Labute approximate surface area is 182 Å². The molecule has 1 aliphatic heterocycles. The standard InChI is InChI=1S/C23H23F3N4O2/c24-23(25,26)16-5-3-6-17(15-16)29-11-13-30(14-12-29)21(31)10-4-9-20-27-19-8-2-1-7-18(19)22(32)28-20/h1-3,5-8,15H,4,9-14H2,(H,27,28,32). The van der Waals surface area contributed by atoms with Crippen molar-refractivity contribution in [3.05, 3.63) is 70.3 Å². The van der Waals surface area contributed by atoms with E-state index in [1.807, 2.05) is 11.0 Å². The third kappa shape index (κ3) is 4.92. The molecular weight excluding hydrogens is 421 g/mol. The predicted octanol–water partition coefficient (Wildman–Crippen LogP) is 3.61. The Morgan fingerprint density at radius 2 is 1.78 bits per heavy atom. The van der Waals surface area contributed by atoms with Gasteiger partial charge in [0.1, 0.15) is 5.82 Å². The third-order valence-corrected chi connectivity index (χ3v) is 5.64. The van der Waals surface area contributed by atoms with E-state index in [-0.39, 0.29) is 11.5 Å². The summed E-state index contributed by atoms with van der Waals surface area (Å²) >= 11 is 0. The second-order valence-corrected chi connectivity index (χ2v) is 7.80. The number of carbonyl (C=O) groups is 1. The number of aryl methyl sites for hydroxylation is 1. The van der Waals surface area contributed by atoms with Crippen molar-refractivity contribution in [3.8, 4) is 0 Å². The Balaban J connectivity index is 1.28. The van der Waals surface area contributed by atoms with Crippen LogP contribution in [0.1, 0.15) is 24.2 Å². The van der Waals surface area contributed by atoms with Crippen LogP contribution in [0.2, 0.25) is 0 Å². The molecule has 168 valence electrons. The lowest BCUT2D eigenvalue weighted by Crippen LogP contribution is -2.48. The lowest BCUT2D eigenvalue weighted by Gasteiger charge is -2.36. The maximum atomic E-state index is 12.9. The molecule has 0 aliphatic carbocycles. The number of rotatable bonds is 5. The van der Waals surface area contributed by atoms with Gasteiger partial charge >= 0.3 is 6.18 Å². The molecule has 9 heteroatoms. The zero-order valence-corrected chi connectivity index (χ0v) is 17.4. The van der Waals surface area contributed by atoms with E-state index in [1.165, 1.54) is 6.07 Å². The average Bonchev–Trinajstić information content (AvgIpc) is 2.79. The molecule has 1 saturated heterocycles. The molecule has 0 spiro atoms. The van der Waals surface area contributed by atoms with Gasteiger partial charge in [0.2, 0.25) is 5.91 Å². The average molecular weight is 444 g/mol. The van der Waals surface area contributed by atoms with Gasteiger partial charge in [-0.2, -0.15) is 13.2 Å². The molecule has 0 radical (unpaired) electrons. The number of aromatic amines is 1. The SMILES string of the molecule is O=C(CCCc1nc2ccccc2c(=O)[nH]1)N1CCN(c2cccc(C(F)(F)F)c2)CC1. The molecule has 0 atom stereocenters. The van der Waals surface area contributed by atoms with Crippen molar-refractivity contribution in [3.63, 3.8) is 0 Å². The number of nitrogens with zero attached hydrogens (tertiary/aromatic N) is 3. The molecule has 3 aromatic rings. The Morgan fingerprint density at radius 1 is 1.03 bits per heavy atom. The van der Waals surface area contributed by atoms with E-state index < -0.39 is 11.7 Å². The zero-order valence-electron chi connectivity index (χ0n) is 17.4. The van der Waals surface area contributed by atoms with Crippen molar-refractivity contribution in [2.45, 2.75) is 25.4 Å². The van der Waals surface area contributed by atoms with E-state index in [9.17, 15) is 22.8 Å². The van der Waals surface area contributed by atoms with Gasteiger partial charge in [-0.1, -0.05) is 18.2 Å². The van der Waals surface area contributed by atoms with Crippen molar-refractivity contribution in [2.24, 2.45) is 0 Å². The molecule has 1 aromatic heterocycles. The molecule has 2 heterocycles. The normalized spacial score (nSPS) is 14.7. The van der Waals surface area contributed by atoms with Gasteiger partial charge in [-0.25, -0.2) is 4.98 Å². The highest BCUT2D eigenvalue weighted by atomic mass is 19.4. The summed E-state index contributed by atoms with van der Waals surface area (Å²) in [6.45, 7) is 1.87. The number of benzene rings is 2. The van der Waals surface area contributed by atoms with Gasteiger partial charge in [0.05, 0.1) is 16.5 Å². The van der Waals surface area contributed by atoms with Crippen LogP contribution in [0, 0.1) is 0 Å². The van der Waals surface area contributed by atoms with E-state index >= 15 is 0 Å². The molecule has 1 N–H and O–H groups in total. The molecule has 1 amide bonds. The maximum absolute atomic E-state index is 12.9. The number of para-hydroxylation sites is 1. The van der Waals surface area contributed by atoms with Gasteiger partial charge in [0, 0.05) is 44.7 Å². The number of halogens is 3. The number of anilines is 1.